The van der Waals surface area contributed by atoms with E-state index in [0.29, 0.717) is 4.90 Å². The summed E-state index contributed by atoms with van der Waals surface area (Å²) in [5.41, 5.74) is 1.09. The Kier molecular flexibility index (Phi) is 6.25. The molecule has 1 aromatic carbocycles. The largest absolute Gasteiger partial charge is 0.314 e. The maximum Gasteiger partial charge on any atom is 0.186 e. The quantitative estimate of drug-likeness (QED) is 0.636. The summed E-state index contributed by atoms with van der Waals surface area (Å²) in [6, 6.07) is 6.91. The molecule has 1 saturated heterocycles. The minimum Gasteiger partial charge on any atom is -0.314 e. The van der Waals surface area contributed by atoms with Crippen molar-refractivity contribution in [3.05, 3.63) is 29.8 Å². The van der Waals surface area contributed by atoms with E-state index < -0.39 is 11.1 Å². The van der Waals surface area contributed by atoms with Gasteiger partial charge < -0.3 is 15.2 Å². The molecule has 3 N–H and O–H groups in total. The van der Waals surface area contributed by atoms with E-state index in [4.69, 9.17) is 4.55 Å². The van der Waals surface area contributed by atoms with E-state index in [9.17, 15) is 4.21 Å². The first-order valence-corrected chi connectivity index (χ1v) is 6.40. The van der Waals surface area contributed by atoms with Crippen molar-refractivity contribution >= 4 is 11.1 Å². The van der Waals surface area contributed by atoms with Crippen LogP contribution >= 0.6 is 0 Å². The number of benzene rings is 1. The maximum absolute atomic E-state index is 10.4. The summed E-state index contributed by atoms with van der Waals surface area (Å²) < 4.78 is 19.0. The highest BCUT2D eigenvalue weighted by Crippen LogP contribution is 2.05. The van der Waals surface area contributed by atoms with E-state index in [2.05, 4.69) is 10.6 Å². The van der Waals surface area contributed by atoms with Gasteiger partial charge in [-0.25, -0.2) is 4.21 Å². The molecule has 0 aromatic heterocycles. The van der Waals surface area contributed by atoms with Crippen LogP contribution in [0.5, 0.6) is 0 Å². The highest BCUT2D eigenvalue weighted by Gasteiger charge is 1.95. The van der Waals surface area contributed by atoms with Crippen LogP contribution in [0.2, 0.25) is 0 Å². The van der Waals surface area contributed by atoms with Gasteiger partial charge in [0.15, 0.2) is 11.1 Å². The summed E-state index contributed by atoms with van der Waals surface area (Å²) >= 11 is -1.84. The highest BCUT2D eigenvalue weighted by atomic mass is 32.2. The standard InChI is InChI=1S/C7H8O2S.C4H10N2/c1-6-2-4-7(5-3-6)10(8)9;1-2-6-4-3-5-1/h2-5H,1H3,(H,8,9);5-6H,1-4H2. The molecule has 1 aliphatic rings. The van der Waals surface area contributed by atoms with Gasteiger partial charge in [-0.15, -0.1) is 0 Å². The van der Waals surface area contributed by atoms with Gasteiger partial charge in [-0.1, -0.05) is 17.7 Å². The van der Waals surface area contributed by atoms with Crippen LogP contribution in [0.1, 0.15) is 5.56 Å². The minimum atomic E-state index is -1.84. The third-order valence-corrected chi connectivity index (χ3v) is 2.86. The second-order valence-corrected chi connectivity index (χ2v) is 4.53. The summed E-state index contributed by atoms with van der Waals surface area (Å²) in [4.78, 5) is 0.450. The Labute approximate surface area is 98.7 Å². The molecule has 1 aliphatic heterocycles. The van der Waals surface area contributed by atoms with E-state index in [1.165, 1.54) is 0 Å². The van der Waals surface area contributed by atoms with Crippen LogP contribution in [0, 0.1) is 6.92 Å². The lowest BCUT2D eigenvalue weighted by Crippen LogP contribution is -2.39. The Morgan fingerprint density at radius 3 is 1.81 bits per heavy atom. The van der Waals surface area contributed by atoms with E-state index in [-0.39, 0.29) is 0 Å². The fraction of sp³-hybridized carbons (Fsp3) is 0.455. The average Bonchev–Trinajstić information content (AvgIpc) is 2.32. The van der Waals surface area contributed by atoms with Crippen molar-refractivity contribution in [1.29, 1.82) is 0 Å². The van der Waals surface area contributed by atoms with Crippen LogP contribution in [-0.4, -0.2) is 34.9 Å². The summed E-state index contributed by atoms with van der Waals surface area (Å²) in [6.45, 7) is 6.49. The molecule has 0 aliphatic carbocycles. The van der Waals surface area contributed by atoms with Gasteiger partial charge in [0, 0.05) is 26.2 Å². The lowest BCUT2D eigenvalue weighted by atomic mass is 10.2. The Morgan fingerprint density at radius 2 is 1.50 bits per heavy atom. The number of piperazine rings is 1. The van der Waals surface area contributed by atoms with Crippen molar-refractivity contribution in [2.24, 2.45) is 0 Å². The minimum absolute atomic E-state index is 0.450. The van der Waals surface area contributed by atoms with Crippen LogP contribution < -0.4 is 10.6 Å². The van der Waals surface area contributed by atoms with Gasteiger partial charge in [-0.05, 0) is 19.1 Å². The Morgan fingerprint density at radius 1 is 1.06 bits per heavy atom. The predicted octanol–water partition coefficient (Wildman–Crippen LogP) is 0.755. The molecular weight excluding hydrogens is 224 g/mol. The van der Waals surface area contributed by atoms with E-state index in [1.807, 2.05) is 19.1 Å². The first-order valence-electron chi connectivity index (χ1n) is 5.29. The van der Waals surface area contributed by atoms with Gasteiger partial charge in [0.05, 0.1) is 4.90 Å². The zero-order chi connectivity index (χ0) is 11.8. The molecule has 0 amide bonds. The Balaban J connectivity index is 0.000000181. The molecule has 0 radical (unpaired) electrons. The van der Waals surface area contributed by atoms with Crippen molar-refractivity contribution in [3.8, 4) is 0 Å². The van der Waals surface area contributed by atoms with Crippen molar-refractivity contribution in [3.63, 3.8) is 0 Å². The van der Waals surface area contributed by atoms with Crippen LogP contribution in [0.3, 0.4) is 0 Å². The smallest absolute Gasteiger partial charge is 0.186 e. The molecule has 1 aromatic rings. The normalized spacial score (nSPS) is 17.1. The van der Waals surface area contributed by atoms with Gasteiger partial charge in [0.2, 0.25) is 0 Å². The molecule has 0 spiro atoms. The van der Waals surface area contributed by atoms with Gasteiger partial charge >= 0.3 is 0 Å². The molecule has 1 heterocycles. The Hall–Kier alpha value is -0.750. The molecule has 90 valence electrons. The number of aryl methyl sites for hydroxylation is 1. The second-order valence-electron chi connectivity index (χ2n) is 3.56. The second kappa shape index (κ2) is 7.51. The van der Waals surface area contributed by atoms with Crippen molar-refractivity contribution < 1.29 is 8.76 Å². The summed E-state index contributed by atoms with van der Waals surface area (Å²) in [6.07, 6.45) is 0. The SMILES string of the molecule is C1CNCCN1.Cc1ccc(S(=O)O)cc1. The Bertz CT molecular complexity index is 312. The number of nitrogens with one attached hydrogen (secondary N) is 2. The molecule has 1 fully saturated rings. The van der Waals surface area contributed by atoms with Crippen LogP contribution in [0.4, 0.5) is 0 Å². The van der Waals surface area contributed by atoms with Crippen LogP contribution in [-0.2, 0) is 11.1 Å². The summed E-state index contributed by atoms with van der Waals surface area (Å²) in [5.74, 6) is 0. The number of rotatable bonds is 1. The fourth-order valence-corrected chi connectivity index (χ4v) is 1.63. The van der Waals surface area contributed by atoms with E-state index >= 15 is 0 Å². The average molecular weight is 242 g/mol. The molecular formula is C11H18N2O2S. The third-order valence-electron chi connectivity index (χ3n) is 2.18. The van der Waals surface area contributed by atoms with E-state index in [1.54, 1.807) is 12.1 Å². The molecule has 16 heavy (non-hydrogen) atoms. The molecule has 0 saturated carbocycles. The van der Waals surface area contributed by atoms with Gasteiger partial charge in [-0.3, -0.25) is 0 Å². The van der Waals surface area contributed by atoms with E-state index in [0.717, 1.165) is 31.7 Å². The van der Waals surface area contributed by atoms with Crippen molar-refractivity contribution in [2.75, 3.05) is 26.2 Å². The molecule has 0 bridgehead atoms. The topological polar surface area (TPSA) is 61.4 Å². The molecule has 1 atom stereocenters. The lowest BCUT2D eigenvalue weighted by molar-refractivity contribution is 0.534. The molecule has 4 nitrogen and oxygen atoms in total. The van der Waals surface area contributed by atoms with Gasteiger partial charge in [-0.2, -0.15) is 0 Å². The maximum atomic E-state index is 10.4. The van der Waals surface area contributed by atoms with Gasteiger partial charge in [0.1, 0.15) is 0 Å². The molecule has 1 unspecified atom stereocenters. The zero-order valence-corrected chi connectivity index (χ0v) is 10.2. The zero-order valence-electron chi connectivity index (χ0n) is 9.40. The first kappa shape index (κ1) is 13.3. The predicted molar refractivity (Wildman–Crippen MR) is 66.0 cm³/mol. The lowest BCUT2D eigenvalue weighted by Gasteiger charge is -2.11. The molecule has 2 rings (SSSR count). The first-order chi connectivity index (χ1) is 7.70. The summed E-state index contributed by atoms with van der Waals surface area (Å²) in [7, 11) is 0. The highest BCUT2D eigenvalue weighted by molar-refractivity contribution is 7.79. The van der Waals surface area contributed by atoms with Crippen molar-refractivity contribution in [1.82, 2.24) is 10.6 Å². The van der Waals surface area contributed by atoms with Gasteiger partial charge in [0.25, 0.3) is 0 Å². The monoisotopic (exact) mass is 242 g/mol. The van der Waals surface area contributed by atoms with Crippen LogP contribution in [0.25, 0.3) is 0 Å². The molecule has 5 heteroatoms. The fourth-order valence-electron chi connectivity index (χ4n) is 1.26. The summed E-state index contributed by atoms with van der Waals surface area (Å²) in [5, 5.41) is 6.44. The number of hydrogen-bond acceptors (Lipinski definition) is 3. The third kappa shape index (κ3) is 5.37. The number of hydrogen-bond donors (Lipinski definition) is 3. The van der Waals surface area contributed by atoms with Crippen molar-refractivity contribution in [2.45, 2.75) is 11.8 Å². The van der Waals surface area contributed by atoms with Crippen LogP contribution in [0.15, 0.2) is 29.2 Å².